The third kappa shape index (κ3) is 3.51. The molecule has 0 aromatic carbocycles. The number of hydrogen-bond acceptors (Lipinski definition) is 5. The third-order valence-electron chi connectivity index (χ3n) is 1.90. The molecule has 0 saturated heterocycles. The summed E-state index contributed by atoms with van der Waals surface area (Å²) < 4.78 is 4.89. The van der Waals surface area contributed by atoms with Gasteiger partial charge in [0, 0.05) is 18.9 Å². The summed E-state index contributed by atoms with van der Waals surface area (Å²) in [5.74, 6) is -0.413. The number of nitrogens with one attached hydrogen (secondary N) is 1. The Hall–Kier alpha value is -1.62. The van der Waals surface area contributed by atoms with E-state index in [0.29, 0.717) is 24.4 Å². The quantitative estimate of drug-likeness (QED) is 0.731. The standard InChI is InChI=1S/C11H16N2O3/c1-3-16-11(15)9-7-12-5-4-10(9)13-6-8(2)14/h4-5,7-8,14H,3,6H2,1-2H3,(H,12,13)/t8-/m1/s1. The highest BCUT2D eigenvalue weighted by atomic mass is 16.5. The minimum absolute atomic E-state index is 0.323. The number of aliphatic hydroxyl groups is 1. The molecule has 0 fully saturated rings. The highest BCUT2D eigenvalue weighted by Crippen LogP contribution is 2.14. The number of carbonyl (C=O) groups excluding carboxylic acids is 1. The van der Waals surface area contributed by atoms with Crippen LogP contribution in [0, 0.1) is 0 Å². The van der Waals surface area contributed by atoms with Crippen molar-refractivity contribution in [2.24, 2.45) is 0 Å². The fourth-order valence-electron chi connectivity index (χ4n) is 1.18. The SMILES string of the molecule is CCOC(=O)c1cnccc1NC[C@@H](C)O. The van der Waals surface area contributed by atoms with Gasteiger partial charge in [-0.2, -0.15) is 0 Å². The van der Waals surface area contributed by atoms with E-state index in [1.807, 2.05) is 0 Å². The molecule has 0 amide bonds. The van der Waals surface area contributed by atoms with E-state index >= 15 is 0 Å². The van der Waals surface area contributed by atoms with Gasteiger partial charge in [0.05, 0.1) is 18.4 Å². The molecule has 1 aromatic heterocycles. The Morgan fingerprint density at radius 2 is 2.44 bits per heavy atom. The molecule has 0 aliphatic rings. The van der Waals surface area contributed by atoms with Crippen LogP contribution < -0.4 is 5.32 Å². The summed E-state index contributed by atoms with van der Waals surface area (Å²) in [4.78, 5) is 15.4. The monoisotopic (exact) mass is 224 g/mol. The molecule has 1 atom stereocenters. The van der Waals surface area contributed by atoms with Gasteiger partial charge < -0.3 is 15.2 Å². The van der Waals surface area contributed by atoms with Crippen LogP contribution in [0.1, 0.15) is 24.2 Å². The highest BCUT2D eigenvalue weighted by Gasteiger charge is 2.12. The van der Waals surface area contributed by atoms with Gasteiger partial charge in [0.15, 0.2) is 0 Å². The third-order valence-corrected chi connectivity index (χ3v) is 1.90. The molecule has 0 spiro atoms. The van der Waals surface area contributed by atoms with Crippen LogP contribution in [-0.4, -0.2) is 35.3 Å². The van der Waals surface area contributed by atoms with Gasteiger partial charge in [-0.1, -0.05) is 0 Å². The van der Waals surface area contributed by atoms with Gasteiger partial charge in [-0.3, -0.25) is 4.98 Å². The van der Waals surface area contributed by atoms with E-state index in [2.05, 4.69) is 10.3 Å². The lowest BCUT2D eigenvalue weighted by Crippen LogP contribution is -2.18. The number of anilines is 1. The van der Waals surface area contributed by atoms with Gasteiger partial charge in [-0.25, -0.2) is 4.79 Å². The van der Waals surface area contributed by atoms with Gasteiger partial charge in [-0.15, -0.1) is 0 Å². The molecule has 88 valence electrons. The van der Waals surface area contributed by atoms with E-state index in [0.717, 1.165) is 0 Å². The summed E-state index contributed by atoms with van der Waals surface area (Å²) in [6.45, 7) is 4.11. The Morgan fingerprint density at radius 1 is 1.69 bits per heavy atom. The zero-order chi connectivity index (χ0) is 12.0. The molecule has 2 N–H and O–H groups in total. The molecule has 5 heteroatoms. The highest BCUT2D eigenvalue weighted by molar-refractivity contribution is 5.95. The van der Waals surface area contributed by atoms with Crippen LogP contribution in [-0.2, 0) is 4.74 Å². The van der Waals surface area contributed by atoms with Crippen molar-refractivity contribution in [1.82, 2.24) is 4.98 Å². The number of aliphatic hydroxyl groups excluding tert-OH is 1. The largest absolute Gasteiger partial charge is 0.462 e. The maximum atomic E-state index is 11.5. The van der Waals surface area contributed by atoms with Crippen LogP contribution in [0.25, 0.3) is 0 Å². The first-order valence-electron chi connectivity index (χ1n) is 5.18. The maximum absolute atomic E-state index is 11.5. The first-order chi connectivity index (χ1) is 7.65. The summed E-state index contributed by atoms with van der Waals surface area (Å²) in [6.07, 6.45) is 2.54. The summed E-state index contributed by atoms with van der Waals surface area (Å²) in [6, 6.07) is 1.68. The van der Waals surface area contributed by atoms with Crippen molar-refractivity contribution in [2.75, 3.05) is 18.5 Å². The Balaban J connectivity index is 2.78. The predicted molar refractivity (Wildman–Crippen MR) is 60.4 cm³/mol. The van der Waals surface area contributed by atoms with Crippen LogP contribution >= 0.6 is 0 Å². The summed E-state index contributed by atoms with van der Waals surface area (Å²) >= 11 is 0. The van der Waals surface area contributed by atoms with Crippen molar-refractivity contribution in [2.45, 2.75) is 20.0 Å². The molecule has 0 aliphatic heterocycles. The predicted octanol–water partition coefficient (Wildman–Crippen LogP) is 1.05. The van der Waals surface area contributed by atoms with E-state index in [1.54, 1.807) is 26.1 Å². The van der Waals surface area contributed by atoms with Crippen molar-refractivity contribution < 1.29 is 14.6 Å². The molecule has 0 bridgehead atoms. The molecule has 1 rings (SSSR count). The van der Waals surface area contributed by atoms with Crippen LogP contribution in [0.3, 0.4) is 0 Å². The molecule has 0 unspecified atom stereocenters. The minimum Gasteiger partial charge on any atom is -0.462 e. The number of esters is 1. The number of rotatable bonds is 5. The number of carbonyl (C=O) groups is 1. The Morgan fingerprint density at radius 3 is 3.06 bits per heavy atom. The fraction of sp³-hybridized carbons (Fsp3) is 0.455. The number of pyridine rings is 1. The van der Waals surface area contributed by atoms with E-state index in [-0.39, 0.29) is 0 Å². The fourth-order valence-corrected chi connectivity index (χ4v) is 1.18. The second-order valence-electron chi connectivity index (χ2n) is 3.37. The van der Waals surface area contributed by atoms with E-state index in [1.165, 1.54) is 6.20 Å². The zero-order valence-corrected chi connectivity index (χ0v) is 9.43. The molecule has 1 heterocycles. The van der Waals surface area contributed by atoms with E-state index in [9.17, 15) is 4.79 Å². The average Bonchev–Trinajstić information content (AvgIpc) is 2.27. The summed E-state index contributed by atoms with van der Waals surface area (Å²) in [5, 5.41) is 12.1. The Labute approximate surface area is 94.5 Å². The molecule has 0 radical (unpaired) electrons. The molecule has 1 aromatic rings. The molecule has 16 heavy (non-hydrogen) atoms. The number of hydrogen-bond donors (Lipinski definition) is 2. The lowest BCUT2D eigenvalue weighted by Gasteiger charge is -2.11. The molecule has 0 saturated carbocycles. The number of nitrogens with zero attached hydrogens (tertiary/aromatic N) is 1. The smallest absolute Gasteiger partial charge is 0.341 e. The topological polar surface area (TPSA) is 71.5 Å². The molecular formula is C11H16N2O3. The second kappa shape index (κ2) is 6.07. The number of aromatic nitrogens is 1. The van der Waals surface area contributed by atoms with Crippen LogP contribution in [0.15, 0.2) is 18.5 Å². The van der Waals surface area contributed by atoms with Gasteiger partial charge in [0.1, 0.15) is 5.56 Å². The Kier molecular flexibility index (Phi) is 4.72. The first kappa shape index (κ1) is 12.4. The van der Waals surface area contributed by atoms with Crippen molar-refractivity contribution in [1.29, 1.82) is 0 Å². The van der Waals surface area contributed by atoms with E-state index in [4.69, 9.17) is 9.84 Å². The van der Waals surface area contributed by atoms with Gasteiger partial charge in [-0.05, 0) is 19.9 Å². The van der Waals surface area contributed by atoms with Crippen molar-refractivity contribution >= 4 is 11.7 Å². The van der Waals surface area contributed by atoms with Crippen molar-refractivity contribution in [3.8, 4) is 0 Å². The van der Waals surface area contributed by atoms with Gasteiger partial charge in [0.25, 0.3) is 0 Å². The van der Waals surface area contributed by atoms with Crippen molar-refractivity contribution in [3.63, 3.8) is 0 Å². The Bertz CT molecular complexity index is 353. The lowest BCUT2D eigenvalue weighted by molar-refractivity contribution is 0.0527. The lowest BCUT2D eigenvalue weighted by atomic mass is 10.2. The minimum atomic E-state index is -0.483. The average molecular weight is 224 g/mol. The molecule has 0 aliphatic carbocycles. The van der Waals surface area contributed by atoms with Gasteiger partial charge in [0.2, 0.25) is 0 Å². The number of ether oxygens (including phenoxy) is 1. The summed E-state index contributed by atoms with van der Waals surface area (Å²) in [7, 11) is 0. The van der Waals surface area contributed by atoms with Gasteiger partial charge >= 0.3 is 5.97 Å². The van der Waals surface area contributed by atoms with Crippen LogP contribution in [0.5, 0.6) is 0 Å². The molecular weight excluding hydrogens is 208 g/mol. The van der Waals surface area contributed by atoms with E-state index < -0.39 is 12.1 Å². The maximum Gasteiger partial charge on any atom is 0.341 e. The zero-order valence-electron chi connectivity index (χ0n) is 9.43. The second-order valence-corrected chi connectivity index (χ2v) is 3.37. The normalized spacial score (nSPS) is 11.9. The van der Waals surface area contributed by atoms with Crippen molar-refractivity contribution in [3.05, 3.63) is 24.0 Å². The van der Waals surface area contributed by atoms with Crippen LogP contribution in [0.4, 0.5) is 5.69 Å². The summed E-state index contributed by atoms with van der Waals surface area (Å²) in [5.41, 5.74) is 0.999. The first-order valence-corrected chi connectivity index (χ1v) is 5.18. The van der Waals surface area contributed by atoms with Crippen LogP contribution in [0.2, 0.25) is 0 Å². The molecule has 5 nitrogen and oxygen atoms in total.